The largest absolute Gasteiger partial charge is 0.489 e. The van der Waals surface area contributed by atoms with Crippen molar-refractivity contribution in [2.75, 3.05) is 19.7 Å². The van der Waals surface area contributed by atoms with Gasteiger partial charge in [-0.1, -0.05) is 23.2 Å². The molecule has 0 aliphatic heterocycles. The number of amides is 2. The van der Waals surface area contributed by atoms with Crippen LogP contribution < -0.4 is 15.4 Å². The summed E-state index contributed by atoms with van der Waals surface area (Å²) in [4.78, 5) is 36.4. The van der Waals surface area contributed by atoms with E-state index in [1.807, 2.05) is 0 Å². The molecule has 2 N–H and O–H groups in total. The van der Waals surface area contributed by atoms with Crippen LogP contribution in [-0.2, 0) is 9.53 Å². The number of benzene rings is 2. The molecule has 1 fully saturated rings. The smallest absolute Gasteiger partial charge is 0.308 e. The normalized spacial score (nSPS) is 17.5. The van der Waals surface area contributed by atoms with E-state index in [-0.39, 0.29) is 42.9 Å². The fraction of sp³-hybridized carbons (Fsp3) is 0.400. The Kier molecular flexibility index (Phi) is 9.60. The predicted molar refractivity (Wildman–Crippen MR) is 131 cm³/mol. The maximum atomic E-state index is 12.4. The summed E-state index contributed by atoms with van der Waals surface area (Å²) in [6.45, 7) is 2.73. The molecule has 0 heterocycles. The molecule has 0 bridgehead atoms. The van der Waals surface area contributed by atoms with Gasteiger partial charge in [0.1, 0.15) is 5.75 Å². The molecule has 3 rings (SSSR count). The SMILES string of the molecule is CCOC(=O)C1CCC(Oc2ccc(C(=O)NCCNC(=O)c3ccc(Cl)cc3)cc2Cl)CC1. The van der Waals surface area contributed by atoms with Crippen LogP contribution in [0.5, 0.6) is 5.75 Å². The minimum Gasteiger partial charge on any atom is -0.489 e. The molecule has 0 saturated heterocycles. The van der Waals surface area contributed by atoms with Crippen LogP contribution in [-0.4, -0.2) is 43.6 Å². The Morgan fingerprint density at radius 1 is 0.882 bits per heavy atom. The van der Waals surface area contributed by atoms with E-state index in [1.54, 1.807) is 49.4 Å². The Hall–Kier alpha value is -2.77. The van der Waals surface area contributed by atoms with Crippen LogP contribution in [0.25, 0.3) is 0 Å². The molecule has 34 heavy (non-hydrogen) atoms. The summed E-state index contributed by atoms with van der Waals surface area (Å²) in [6.07, 6.45) is 2.88. The van der Waals surface area contributed by atoms with E-state index in [1.165, 1.54) is 0 Å². The second kappa shape index (κ2) is 12.6. The van der Waals surface area contributed by atoms with Crippen LogP contribution in [0.4, 0.5) is 0 Å². The summed E-state index contributed by atoms with van der Waals surface area (Å²) in [6, 6.07) is 11.4. The molecule has 2 aromatic rings. The van der Waals surface area contributed by atoms with Crippen molar-refractivity contribution in [3.05, 3.63) is 63.6 Å². The monoisotopic (exact) mass is 506 g/mol. The number of hydrogen-bond donors (Lipinski definition) is 2. The van der Waals surface area contributed by atoms with Crippen LogP contribution in [0.1, 0.15) is 53.3 Å². The Morgan fingerprint density at radius 2 is 1.47 bits per heavy atom. The Balaban J connectivity index is 1.42. The fourth-order valence-electron chi connectivity index (χ4n) is 3.75. The second-order valence-corrected chi connectivity index (χ2v) is 8.85. The lowest BCUT2D eigenvalue weighted by Gasteiger charge is -2.28. The van der Waals surface area contributed by atoms with Crippen molar-refractivity contribution in [3.63, 3.8) is 0 Å². The lowest BCUT2D eigenvalue weighted by molar-refractivity contribution is -0.149. The number of halogens is 2. The number of esters is 1. The van der Waals surface area contributed by atoms with E-state index in [4.69, 9.17) is 32.7 Å². The molecule has 7 nitrogen and oxygen atoms in total. The number of carbonyl (C=O) groups is 3. The molecule has 0 aromatic heterocycles. The number of nitrogens with one attached hydrogen (secondary N) is 2. The Labute approximate surface area is 209 Å². The van der Waals surface area contributed by atoms with Crippen LogP contribution in [0.2, 0.25) is 10.0 Å². The van der Waals surface area contributed by atoms with Gasteiger partial charge in [-0.05, 0) is 75.1 Å². The predicted octanol–water partition coefficient (Wildman–Crippen LogP) is 4.65. The summed E-state index contributed by atoms with van der Waals surface area (Å²) in [5.74, 6) is -0.250. The summed E-state index contributed by atoms with van der Waals surface area (Å²) >= 11 is 12.2. The van der Waals surface area contributed by atoms with E-state index in [0.717, 1.165) is 25.7 Å². The molecule has 1 aliphatic carbocycles. The summed E-state index contributed by atoms with van der Waals surface area (Å²) in [5.41, 5.74) is 0.889. The van der Waals surface area contributed by atoms with Crippen molar-refractivity contribution in [2.24, 2.45) is 5.92 Å². The van der Waals surface area contributed by atoms with Crippen molar-refractivity contribution in [1.29, 1.82) is 0 Å². The topological polar surface area (TPSA) is 93.7 Å². The highest BCUT2D eigenvalue weighted by Crippen LogP contribution is 2.32. The molecule has 0 unspecified atom stereocenters. The highest BCUT2D eigenvalue weighted by molar-refractivity contribution is 6.32. The van der Waals surface area contributed by atoms with Crippen molar-refractivity contribution in [1.82, 2.24) is 10.6 Å². The molecule has 1 aliphatic rings. The number of carbonyl (C=O) groups excluding carboxylic acids is 3. The fourth-order valence-corrected chi connectivity index (χ4v) is 4.10. The standard InChI is InChI=1S/C25H28Cl2N2O5/c1-2-33-25(32)17-5-10-20(11-6-17)34-22-12-7-18(15-21(22)27)24(31)29-14-13-28-23(30)16-3-8-19(26)9-4-16/h3-4,7-9,12,15,17,20H,2,5-6,10-11,13-14H2,1H3,(H,28,30)(H,29,31). The average molecular weight is 507 g/mol. The molecule has 9 heteroatoms. The van der Waals surface area contributed by atoms with E-state index in [9.17, 15) is 14.4 Å². The van der Waals surface area contributed by atoms with Gasteiger partial charge in [-0.25, -0.2) is 0 Å². The van der Waals surface area contributed by atoms with Crippen LogP contribution in [0.15, 0.2) is 42.5 Å². The van der Waals surface area contributed by atoms with Crippen LogP contribution in [0.3, 0.4) is 0 Å². The number of rotatable bonds is 9. The zero-order valence-corrected chi connectivity index (χ0v) is 20.5. The zero-order valence-electron chi connectivity index (χ0n) is 18.9. The molecule has 2 aromatic carbocycles. The molecular formula is C25H28Cl2N2O5. The van der Waals surface area contributed by atoms with Gasteiger partial charge in [0, 0.05) is 29.2 Å². The molecule has 1 saturated carbocycles. The van der Waals surface area contributed by atoms with Crippen LogP contribution >= 0.6 is 23.2 Å². The Bertz CT molecular complexity index is 1000. The summed E-state index contributed by atoms with van der Waals surface area (Å²) in [5, 5.41) is 6.39. The van der Waals surface area contributed by atoms with Crippen molar-refractivity contribution in [3.8, 4) is 5.75 Å². The average Bonchev–Trinajstić information content (AvgIpc) is 2.84. The summed E-state index contributed by atoms with van der Waals surface area (Å²) < 4.78 is 11.1. The quantitative estimate of drug-likeness (QED) is 0.381. The maximum absolute atomic E-state index is 12.4. The van der Waals surface area contributed by atoms with E-state index < -0.39 is 0 Å². The van der Waals surface area contributed by atoms with E-state index >= 15 is 0 Å². The van der Waals surface area contributed by atoms with Crippen molar-refractivity contribution in [2.45, 2.75) is 38.7 Å². The Morgan fingerprint density at radius 3 is 2.06 bits per heavy atom. The van der Waals surface area contributed by atoms with Crippen molar-refractivity contribution >= 4 is 41.0 Å². The zero-order chi connectivity index (χ0) is 24.5. The molecule has 0 atom stereocenters. The van der Waals surface area contributed by atoms with Crippen molar-refractivity contribution < 1.29 is 23.9 Å². The highest BCUT2D eigenvalue weighted by atomic mass is 35.5. The minimum atomic E-state index is -0.302. The third kappa shape index (κ3) is 7.37. The first-order valence-corrected chi connectivity index (χ1v) is 12.1. The van der Waals surface area contributed by atoms with Gasteiger partial charge in [0.25, 0.3) is 11.8 Å². The van der Waals surface area contributed by atoms with Crippen LogP contribution in [0, 0.1) is 5.92 Å². The van der Waals surface area contributed by atoms with Gasteiger partial charge >= 0.3 is 5.97 Å². The van der Waals surface area contributed by atoms with E-state index in [2.05, 4.69) is 10.6 Å². The minimum absolute atomic E-state index is 0.0351. The molecule has 0 radical (unpaired) electrons. The van der Waals surface area contributed by atoms with Gasteiger partial charge in [0.15, 0.2) is 0 Å². The summed E-state index contributed by atoms with van der Waals surface area (Å²) in [7, 11) is 0. The van der Waals surface area contributed by atoms with Gasteiger partial charge < -0.3 is 20.1 Å². The van der Waals surface area contributed by atoms with Gasteiger partial charge in [-0.3, -0.25) is 14.4 Å². The molecule has 182 valence electrons. The number of hydrogen-bond acceptors (Lipinski definition) is 5. The molecule has 0 spiro atoms. The van der Waals surface area contributed by atoms with Gasteiger partial charge in [-0.15, -0.1) is 0 Å². The third-order valence-electron chi connectivity index (χ3n) is 5.58. The maximum Gasteiger partial charge on any atom is 0.308 e. The molecular weight excluding hydrogens is 479 g/mol. The first-order chi connectivity index (χ1) is 16.4. The lowest BCUT2D eigenvalue weighted by Crippen LogP contribution is -2.34. The second-order valence-electron chi connectivity index (χ2n) is 8.01. The first-order valence-electron chi connectivity index (χ1n) is 11.3. The van der Waals surface area contributed by atoms with Gasteiger partial charge in [-0.2, -0.15) is 0 Å². The lowest BCUT2D eigenvalue weighted by atomic mass is 9.87. The van der Waals surface area contributed by atoms with Gasteiger partial charge in [0.05, 0.1) is 23.7 Å². The highest BCUT2D eigenvalue weighted by Gasteiger charge is 2.28. The third-order valence-corrected chi connectivity index (χ3v) is 6.13. The van der Waals surface area contributed by atoms with E-state index in [0.29, 0.717) is 33.5 Å². The van der Waals surface area contributed by atoms with Gasteiger partial charge in [0.2, 0.25) is 0 Å². The number of ether oxygens (including phenoxy) is 2. The first kappa shape index (κ1) is 25.8. The molecule has 2 amide bonds.